The number of urea groups is 1. The summed E-state index contributed by atoms with van der Waals surface area (Å²) in [6, 6.07) is 7.76. The SMILES string of the molecule is CN=C(NCc1ccc(NC(=O)NC(C)C)cc1)N(C)CCC1CCOCC1. The van der Waals surface area contributed by atoms with E-state index in [4.69, 9.17) is 4.74 Å². The average molecular weight is 390 g/mol. The number of hydrogen-bond acceptors (Lipinski definition) is 3. The Balaban J connectivity index is 1.76. The fraction of sp³-hybridized carbons (Fsp3) is 0.619. The first-order valence-electron chi connectivity index (χ1n) is 10.1. The molecule has 3 N–H and O–H groups in total. The number of benzene rings is 1. The Hall–Kier alpha value is -2.28. The summed E-state index contributed by atoms with van der Waals surface area (Å²) in [4.78, 5) is 18.3. The molecule has 2 amide bonds. The van der Waals surface area contributed by atoms with E-state index in [1.54, 1.807) is 0 Å². The van der Waals surface area contributed by atoms with Crippen molar-refractivity contribution in [2.45, 2.75) is 45.7 Å². The summed E-state index contributed by atoms with van der Waals surface area (Å²) in [5.41, 5.74) is 1.91. The molecule has 156 valence electrons. The first-order valence-corrected chi connectivity index (χ1v) is 10.1. The summed E-state index contributed by atoms with van der Waals surface area (Å²) in [5.74, 6) is 1.65. The summed E-state index contributed by atoms with van der Waals surface area (Å²) in [5, 5.41) is 9.05. The molecule has 7 heteroatoms. The van der Waals surface area contributed by atoms with Gasteiger partial charge < -0.3 is 25.6 Å². The number of hydrogen-bond donors (Lipinski definition) is 3. The van der Waals surface area contributed by atoms with Crippen LogP contribution < -0.4 is 16.0 Å². The minimum Gasteiger partial charge on any atom is -0.381 e. The van der Waals surface area contributed by atoms with Crippen LogP contribution in [0.25, 0.3) is 0 Å². The van der Waals surface area contributed by atoms with E-state index in [2.05, 4.69) is 32.9 Å². The van der Waals surface area contributed by atoms with Gasteiger partial charge in [-0.3, -0.25) is 4.99 Å². The number of ether oxygens (including phenoxy) is 1. The topological polar surface area (TPSA) is 78.0 Å². The lowest BCUT2D eigenvalue weighted by Crippen LogP contribution is -2.39. The van der Waals surface area contributed by atoms with Crippen molar-refractivity contribution in [1.82, 2.24) is 15.5 Å². The number of anilines is 1. The maximum Gasteiger partial charge on any atom is 0.319 e. The van der Waals surface area contributed by atoms with Gasteiger partial charge in [-0.15, -0.1) is 0 Å². The van der Waals surface area contributed by atoms with E-state index in [9.17, 15) is 4.79 Å². The van der Waals surface area contributed by atoms with Crippen molar-refractivity contribution < 1.29 is 9.53 Å². The van der Waals surface area contributed by atoms with Gasteiger partial charge in [0.2, 0.25) is 0 Å². The molecule has 1 aliphatic rings. The molecule has 0 spiro atoms. The molecule has 7 nitrogen and oxygen atoms in total. The number of nitrogens with zero attached hydrogens (tertiary/aromatic N) is 2. The monoisotopic (exact) mass is 389 g/mol. The Labute approximate surface area is 168 Å². The molecule has 1 heterocycles. The molecule has 0 aliphatic carbocycles. The molecule has 28 heavy (non-hydrogen) atoms. The van der Waals surface area contributed by atoms with Crippen LogP contribution in [0.4, 0.5) is 10.5 Å². The van der Waals surface area contributed by atoms with Gasteiger partial charge in [0.1, 0.15) is 0 Å². The number of carbonyl (C=O) groups excluding carboxylic acids is 1. The van der Waals surface area contributed by atoms with Gasteiger partial charge in [-0.2, -0.15) is 0 Å². The van der Waals surface area contributed by atoms with Crippen LogP contribution in [0.3, 0.4) is 0 Å². The van der Waals surface area contributed by atoms with Crippen LogP contribution in [0.15, 0.2) is 29.3 Å². The number of rotatable bonds is 7. The van der Waals surface area contributed by atoms with Crippen LogP contribution >= 0.6 is 0 Å². The number of nitrogens with one attached hydrogen (secondary N) is 3. The van der Waals surface area contributed by atoms with Gasteiger partial charge in [-0.25, -0.2) is 4.79 Å². The molecular formula is C21H35N5O2. The Bertz CT molecular complexity index is 624. The Morgan fingerprint density at radius 2 is 1.93 bits per heavy atom. The third-order valence-electron chi connectivity index (χ3n) is 4.87. The normalized spacial score (nSPS) is 15.4. The second kappa shape index (κ2) is 11.5. The highest BCUT2D eigenvalue weighted by molar-refractivity contribution is 5.89. The Morgan fingerprint density at radius 1 is 1.25 bits per heavy atom. The molecule has 0 saturated carbocycles. The zero-order valence-corrected chi connectivity index (χ0v) is 17.6. The number of carbonyl (C=O) groups is 1. The lowest BCUT2D eigenvalue weighted by atomic mass is 9.96. The summed E-state index contributed by atoms with van der Waals surface area (Å²) < 4.78 is 5.43. The lowest BCUT2D eigenvalue weighted by molar-refractivity contribution is 0.0625. The summed E-state index contributed by atoms with van der Waals surface area (Å²) in [6.45, 7) is 7.32. The van der Waals surface area contributed by atoms with Crippen molar-refractivity contribution in [3.8, 4) is 0 Å². The largest absolute Gasteiger partial charge is 0.381 e. The highest BCUT2D eigenvalue weighted by atomic mass is 16.5. The first kappa shape index (κ1) is 22.0. The molecule has 0 unspecified atom stereocenters. The zero-order chi connectivity index (χ0) is 20.4. The fourth-order valence-electron chi connectivity index (χ4n) is 3.22. The average Bonchev–Trinajstić information content (AvgIpc) is 2.68. The molecule has 1 aromatic rings. The van der Waals surface area contributed by atoms with Crippen LogP contribution in [0.2, 0.25) is 0 Å². The van der Waals surface area contributed by atoms with Crippen LogP contribution in [-0.4, -0.2) is 56.8 Å². The molecule has 1 aliphatic heterocycles. The third kappa shape index (κ3) is 7.76. The van der Waals surface area contributed by atoms with Gasteiger partial charge in [-0.1, -0.05) is 12.1 Å². The van der Waals surface area contributed by atoms with Gasteiger partial charge in [-0.05, 0) is 56.7 Å². The summed E-state index contributed by atoms with van der Waals surface area (Å²) in [6.07, 6.45) is 3.49. The molecule has 2 rings (SSSR count). The predicted molar refractivity (Wildman–Crippen MR) is 115 cm³/mol. The predicted octanol–water partition coefficient (Wildman–Crippen LogP) is 3.04. The third-order valence-corrected chi connectivity index (χ3v) is 4.87. The van der Waals surface area contributed by atoms with E-state index in [1.165, 1.54) is 6.42 Å². The van der Waals surface area contributed by atoms with Crippen LogP contribution in [0, 0.1) is 5.92 Å². The van der Waals surface area contributed by atoms with E-state index in [0.29, 0.717) is 6.54 Å². The Kier molecular flexibility index (Phi) is 9.07. The number of aliphatic imine (C=N–C) groups is 1. The van der Waals surface area contributed by atoms with E-state index in [1.807, 2.05) is 45.2 Å². The van der Waals surface area contributed by atoms with Crippen molar-refractivity contribution in [1.29, 1.82) is 0 Å². The van der Waals surface area contributed by atoms with Crippen LogP contribution in [-0.2, 0) is 11.3 Å². The molecule has 0 atom stereocenters. The summed E-state index contributed by atoms with van der Waals surface area (Å²) >= 11 is 0. The Morgan fingerprint density at radius 3 is 2.54 bits per heavy atom. The second-order valence-electron chi connectivity index (χ2n) is 7.62. The quantitative estimate of drug-likeness (QED) is 0.495. The molecular weight excluding hydrogens is 354 g/mol. The zero-order valence-electron chi connectivity index (χ0n) is 17.6. The van der Waals surface area contributed by atoms with Crippen molar-refractivity contribution in [2.75, 3.05) is 39.2 Å². The number of guanidine groups is 1. The highest BCUT2D eigenvalue weighted by Gasteiger charge is 2.15. The van der Waals surface area contributed by atoms with Crippen LogP contribution in [0.1, 0.15) is 38.7 Å². The molecule has 1 fully saturated rings. The highest BCUT2D eigenvalue weighted by Crippen LogP contribution is 2.18. The van der Waals surface area contributed by atoms with Crippen molar-refractivity contribution >= 4 is 17.7 Å². The molecule has 1 aromatic carbocycles. The van der Waals surface area contributed by atoms with Crippen LogP contribution in [0.5, 0.6) is 0 Å². The van der Waals surface area contributed by atoms with Gasteiger partial charge in [0.05, 0.1) is 0 Å². The fourth-order valence-corrected chi connectivity index (χ4v) is 3.22. The maximum atomic E-state index is 11.7. The lowest BCUT2D eigenvalue weighted by Gasteiger charge is -2.26. The van der Waals surface area contributed by atoms with Crippen molar-refractivity contribution in [2.24, 2.45) is 10.9 Å². The van der Waals surface area contributed by atoms with Gasteiger partial charge in [0.15, 0.2) is 5.96 Å². The molecule has 0 bridgehead atoms. The summed E-state index contributed by atoms with van der Waals surface area (Å²) in [7, 11) is 3.89. The van der Waals surface area contributed by atoms with E-state index < -0.39 is 0 Å². The van der Waals surface area contributed by atoms with Gasteiger partial charge >= 0.3 is 6.03 Å². The van der Waals surface area contributed by atoms with Crippen molar-refractivity contribution in [3.63, 3.8) is 0 Å². The first-order chi connectivity index (χ1) is 13.5. The van der Waals surface area contributed by atoms with E-state index in [-0.39, 0.29) is 12.1 Å². The van der Waals surface area contributed by atoms with E-state index in [0.717, 1.165) is 55.7 Å². The smallest absolute Gasteiger partial charge is 0.319 e. The molecule has 0 radical (unpaired) electrons. The van der Waals surface area contributed by atoms with Gasteiger partial charge in [0.25, 0.3) is 0 Å². The number of amides is 2. The molecule has 0 aromatic heterocycles. The second-order valence-corrected chi connectivity index (χ2v) is 7.62. The van der Waals surface area contributed by atoms with Crippen molar-refractivity contribution in [3.05, 3.63) is 29.8 Å². The minimum absolute atomic E-state index is 0.110. The standard InChI is InChI=1S/C21H35N5O2/c1-16(2)24-21(27)25-19-7-5-18(6-8-19)15-23-20(22-3)26(4)12-9-17-10-13-28-14-11-17/h5-8,16-17H,9-15H2,1-4H3,(H,22,23)(H2,24,25,27). The minimum atomic E-state index is -0.188. The van der Waals surface area contributed by atoms with Gasteiger partial charge in [0, 0.05) is 52.1 Å². The maximum absolute atomic E-state index is 11.7. The van der Waals surface area contributed by atoms with E-state index >= 15 is 0 Å². The molecule has 1 saturated heterocycles.